The maximum atomic E-state index is 11.7. The molecule has 0 aliphatic carbocycles. The molecule has 0 spiro atoms. The van der Waals surface area contributed by atoms with Crippen LogP contribution in [0.5, 0.6) is 5.75 Å². The number of nitro benzene ring substituents is 1. The van der Waals surface area contributed by atoms with E-state index in [1.165, 1.54) is 50.3 Å². The molecule has 0 aliphatic heterocycles. The van der Waals surface area contributed by atoms with E-state index in [2.05, 4.69) is 6.92 Å². The predicted molar refractivity (Wildman–Crippen MR) is 86.0 cm³/mol. The summed E-state index contributed by atoms with van der Waals surface area (Å²) in [6.07, 6.45) is 9.68. The normalized spacial score (nSPS) is 10.4. The smallest absolute Gasteiger partial charge is 0.311 e. The third-order valence-electron chi connectivity index (χ3n) is 3.49. The number of esters is 1. The van der Waals surface area contributed by atoms with Crippen molar-refractivity contribution in [1.29, 1.82) is 0 Å². The summed E-state index contributed by atoms with van der Waals surface area (Å²) in [6.45, 7) is 2.20. The van der Waals surface area contributed by atoms with Crippen LogP contribution < -0.4 is 4.74 Å². The Morgan fingerprint density at radius 1 is 1.09 bits per heavy atom. The average molecular weight is 307 g/mol. The van der Waals surface area contributed by atoms with Crippen molar-refractivity contribution in [2.75, 3.05) is 0 Å². The molecular weight excluding hydrogens is 282 g/mol. The molecule has 0 atom stereocenters. The Balaban J connectivity index is 2.16. The highest BCUT2D eigenvalue weighted by molar-refractivity contribution is 5.72. The van der Waals surface area contributed by atoms with E-state index in [0.29, 0.717) is 6.42 Å². The zero-order valence-corrected chi connectivity index (χ0v) is 13.3. The van der Waals surface area contributed by atoms with Gasteiger partial charge < -0.3 is 4.74 Å². The van der Waals surface area contributed by atoms with E-state index in [-0.39, 0.29) is 17.4 Å². The second kappa shape index (κ2) is 10.8. The van der Waals surface area contributed by atoms with Gasteiger partial charge >= 0.3 is 5.97 Å². The SMILES string of the molecule is CCCCCCCCCCC(=O)Oc1cccc([N+](=O)[O-])c1. The van der Waals surface area contributed by atoms with Crippen LogP contribution in [0.2, 0.25) is 0 Å². The minimum absolute atomic E-state index is 0.0719. The standard InChI is InChI=1S/C17H25NO4/c1-2-3-4-5-6-7-8-9-13-17(19)22-16-12-10-11-15(14-16)18(20)21/h10-12,14H,2-9,13H2,1H3. The predicted octanol–water partition coefficient (Wildman–Crippen LogP) is 5.03. The van der Waals surface area contributed by atoms with Crippen LogP contribution in [-0.4, -0.2) is 10.9 Å². The second-order valence-electron chi connectivity index (χ2n) is 5.45. The summed E-state index contributed by atoms with van der Waals surface area (Å²) in [5, 5.41) is 10.6. The largest absolute Gasteiger partial charge is 0.426 e. The maximum absolute atomic E-state index is 11.7. The first kappa shape index (κ1) is 18.1. The number of hydrogen-bond acceptors (Lipinski definition) is 4. The van der Waals surface area contributed by atoms with Crippen molar-refractivity contribution in [2.45, 2.75) is 64.7 Å². The fourth-order valence-electron chi connectivity index (χ4n) is 2.25. The Bertz CT molecular complexity index is 473. The second-order valence-corrected chi connectivity index (χ2v) is 5.45. The maximum Gasteiger partial charge on any atom is 0.311 e. The van der Waals surface area contributed by atoms with Gasteiger partial charge in [0.2, 0.25) is 0 Å². The number of non-ortho nitro benzene ring substituents is 1. The number of benzene rings is 1. The monoisotopic (exact) mass is 307 g/mol. The van der Waals surface area contributed by atoms with Crippen molar-refractivity contribution >= 4 is 11.7 Å². The minimum atomic E-state index is -0.504. The molecule has 1 aromatic carbocycles. The van der Waals surface area contributed by atoms with Crippen LogP contribution in [0.4, 0.5) is 5.69 Å². The Kier molecular flexibility index (Phi) is 8.88. The summed E-state index contributed by atoms with van der Waals surface area (Å²) in [5.74, 6) is -0.0924. The Hall–Kier alpha value is -1.91. The van der Waals surface area contributed by atoms with Gasteiger partial charge in [-0.1, -0.05) is 57.9 Å². The first-order chi connectivity index (χ1) is 10.6. The van der Waals surface area contributed by atoms with E-state index < -0.39 is 4.92 Å². The van der Waals surface area contributed by atoms with Gasteiger partial charge in [-0.25, -0.2) is 0 Å². The lowest BCUT2D eigenvalue weighted by Gasteiger charge is -2.04. The van der Waals surface area contributed by atoms with Crippen molar-refractivity contribution < 1.29 is 14.5 Å². The van der Waals surface area contributed by atoms with Crippen LogP contribution in [0.25, 0.3) is 0 Å². The first-order valence-corrected chi connectivity index (χ1v) is 8.08. The molecule has 0 aliphatic rings. The molecule has 0 heterocycles. The number of hydrogen-bond donors (Lipinski definition) is 0. The van der Waals surface area contributed by atoms with Gasteiger partial charge in [0.1, 0.15) is 5.75 Å². The molecular formula is C17H25NO4. The highest BCUT2D eigenvalue weighted by atomic mass is 16.6. The quantitative estimate of drug-likeness (QED) is 0.189. The van der Waals surface area contributed by atoms with Crippen LogP contribution in [0, 0.1) is 10.1 Å². The molecule has 0 aromatic heterocycles. The summed E-state index contributed by atoms with van der Waals surface area (Å²) >= 11 is 0. The third-order valence-corrected chi connectivity index (χ3v) is 3.49. The van der Waals surface area contributed by atoms with Crippen molar-refractivity contribution in [1.82, 2.24) is 0 Å². The van der Waals surface area contributed by atoms with Crippen LogP contribution in [-0.2, 0) is 4.79 Å². The van der Waals surface area contributed by atoms with Crippen LogP contribution in [0.15, 0.2) is 24.3 Å². The molecule has 122 valence electrons. The van der Waals surface area contributed by atoms with Gasteiger partial charge in [0.15, 0.2) is 0 Å². The molecule has 1 aromatic rings. The Morgan fingerprint density at radius 2 is 1.73 bits per heavy atom. The molecule has 0 bridgehead atoms. The lowest BCUT2D eigenvalue weighted by Crippen LogP contribution is -2.07. The lowest BCUT2D eigenvalue weighted by atomic mass is 10.1. The van der Waals surface area contributed by atoms with Gasteiger partial charge in [-0.05, 0) is 12.5 Å². The van der Waals surface area contributed by atoms with E-state index in [0.717, 1.165) is 19.3 Å². The number of unbranched alkanes of at least 4 members (excludes halogenated alkanes) is 7. The average Bonchev–Trinajstić information content (AvgIpc) is 2.50. The Labute approximate surface area is 131 Å². The number of ether oxygens (including phenoxy) is 1. The van der Waals surface area contributed by atoms with Gasteiger partial charge in [-0.2, -0.15) is 0 Å². The number of rotatable bonds is 11. The summed E-state index contributed by atoms with van der Waals surface area (Å²) in [5.41, 5.74) is -0.0719. The zero-order chi connectivity index (χ0) is 16.2. The molecule has 5 nitrogen and oxygen atoms in total. The number of nitro groups is 1. The molecule has 22 heavy (non-hydrogen) atoms. The number of carbonyl (C=O) groups is 1. The molecule has 0 amide bonds. The molecule has 0 fully saturated rings. The van der Waals surface area contributed by atoms with E-state index in [1.54, 1.807) is 6.07 Å². The van der Waals surface area contributed by atoms with Gasteiger partial charge in [0.25, 0.3) is 5.69 Å². The summed E-state index contributed by atoms with van der Waals surface area (Å²) in [7, 11) is 0. The Morgan fingerprint density at radius 3 is 2.36 bits per heavy atom. The van der Waals surface area contributed by atoms with Crippen molar-refractivity contribution in [2.24, 2.45) is 0 Å². The highest BCUT2D eigenvalue weighted by Gasteiger charge is 2.09. The van der Waals surface area contributed by atoms with E-state index in [1.807, 2.05) is 0 Å². The van der Waals surface area contributed by atoms with Crippen LogP contribution in [0.3, 0.4) is 0 Å². The van der Waals surface area contributed by atoms with E-state index >= 15 is 0 Å². The molecule has 1 rings (SSSR count). The fourth-order valence-corrected chi connectivity index (χ4v) is 2.25. The first-order valence-electron chi connectivity index (χ1n) is 8.08. The lowest BCUT2D eigenvalue weighted by molar-refractivity contribution is -0.384. The highest BCUT2D eigenvalue weighted by Crippen LogP contribution is 2.20. The van der Waals surface area contributed by atoms with Crippen molar-refractivity contribution in [3.63, 3.8) is 0 Å². The molecule has 0 saturated heterocycles. The molecule has 0 N–H and O–H groups in total. The van der Waals surface area contributed by atoms with Gasteiger partial charge in [-0.15, -0.1) is 0 Å². The molecule has 5 heteroatoms. The fraction of sp³-hybridized carbons (Fsp3) is 0.588. The van der Waals surface area contributed by atoms with Gasteiger partial charge in [0, 0.05) is 12.5 Å². The van der Waals surface area contributed by atoms with Crippen molar-refractivity contribution in [3.05, 3.63) is 34.4 Å². The molecule has 0 radical (unpaired) electrons. The summed E-state index contributed by atoms with van der Waals surface area (Å²) in [4.78, 5) is 21.8. The van der Waals surface area contributed by atoms with Gasteiger partial charge in [-0.3, -0.25) is 14.9 Å². The van der Waals surface area contributed by atoms with E-state index in [4.69, 9.17) is 4.74 Å². The van der Waals surface area contributed by atoms with Crippen molar-refractivity contribution in [3.8, 4) is 5.75 Å². The van der Waals surface area contributed by atoms with Gasteiger partial charge in [0.05, 0.1) is 11.0 Å². The summed E-state index contributed by atoms with van der Waals surface area (Å²) in [6, 6.07) is 5.71. The number of carbonyl (C=O) groups excluding carboxylic acids is 1. The van der Waals surface area contributed by atoms with Crippen LogP contribution >= 0.6 is 0 Å². The molecule has 0 saturated carbocycles. The minimum Gasteiger partial charge on any atom is -0.426 e. The number of nitrogens with zero attached hydrogens (tertiary/aromatic N) is 1. The zero-order valence-electron chi connectivity index (χ0n) is 13.3. The van der Waals surface area contributed by atoms with E-state index in [9.17, 15) is 14.9 Å². The topological polar surface area (TPSA) is 69.4 Å². The third kappa shape index (κ3) is 7.76. The summed E-state index contributed by atoms with van der Waals surface area (Å²) < 4.78 is 5.12. The van der Waals surface area contributed by atoms with Crippen LogP contribution in [0.1, 0.15) is 64.7 Å². The molecule has 0 unspecified atom stereocenters.